The van der Waals surface area contributed by atoms with E-state index < -0.39 is 0 Å². The monoisotopic (exact) mass is 221 g/mol. The van der Waals surface area contributed by atoms with Gasteiger partial charge in [-0.15, -0.1) is 0 Å². The van der Waals surface area contributed by atoms with E-state index in [0.717, 1.165) is 6.54 Å². The zero-order valence-corrected chi connectivity index (χ0v) is 10.8. The molecule has 1 rings (SSSR count). The molecule has 1 aliphatic heterocycles. The minimum Gasteiger partial charge on any atom is -0.300 e. The van der Waals surface area contributed by atoms with Crippen LogP contribution in [0.25, 0.3) is 0 Å². The summed E-state index contributed by atoms with van der Waals surface area (Å²) in [5.41, 5.74) is 0. The Morgan fingerprint density at radius 1 is 0.938 bits per heavy atom. The summed E-state index contributed by atoms with van der Waals surface area (Å²) >= 11 is 0. The summed E-state index contributed by atoms with van der Waals surface area (Å²) in [5, 5.41) is 0. The maximum absolute atomic E-state index is 2.55. The van der Waals surface area contributed by atoms with E-state index in [1.165, 1.54) is 58.0 Å². The smallest absolute Gasteiger partial charge is 0.0166 e. The van der Waals surface area contributed by atoms with Crippen LogP contribution < -0.4 is 0 Å². The molecule has 92 valence electrons. The SMILES string of the molecule is CCCCC/C=C/C=C/CN1CCCCC1. The lowest BCUT2D eigenvalue weighted by Crippen LogP contribution is -2.29. The highest BCUT2D eigenvalue weighted by Crippen LogP contribution is 2.07. The van der Waals surface area contributed by atoms with Gasteiger partial charge in [-0.2, -0.15) is 0 Å². The van der Waals surface area contributed by atoms with Crippen LogP contribution in [0.3, 0.4) is 0 Å². The van der Waals surface area contributed by atoms with Crippen molar-refractivity contribution in [1.82, 2.24) is 4.90 Å². The van der Waals surface area contributed by atoms with Gasteiger partial charge in [0.25, 0.3) is 0 Å². The van der Waals surface area contributed by atoms with Crippen LogP contribution in [0.4, 0.5) is 0 Å². The topological polar surface area (TPSA) is 3.24 Å². The number of nitrogens with zero attached hydrogens (tertiary/aromatic N) is 1. The molecule has 1 nitrogen and oxygen atoms in total. The molecule has 0 aliphatic carbocycles. The highest BCUT2D eigenvalue weighted by molar-refractivity contribution is 5.03. The van der Waals surface area contributed by atoms with E-state index in [9.17, 15) is 0 Å². The normalized spacial score (nSPS) is 18.8. The average molecular weight is 221 g/mol. The maximum atomic E-state index is 2.55. The lowest BCUT2D eigenvalue weighted by Gasteiger charge is -2.24. The quantitative estimate of drug-likeness (QED) is 0.461. The molecule has 0 radical (unpaired) electrons. The number of hydrogen-bond acceptors (Lipinski definition) is 1. The second kappa shape index (κ2) is 9.65. The number of hydrogen-bond donors (Lipinski definition) is 0. The Kier molecular flexibility index (Phi) is 8.15. The Morgan fingerprint density at radius 2 is 1.69 bits per heavy atom. The zero-order chi connectivity index (χ0) is 11.5. The van der Waals surface area contributed by atoms with Gasteiger partial charge in [0, 0.05) is 6.54 Å². The van der Waals surface area contributed by atoms with Crippen molar-refractivity contribution in [1.29, 1.82) is 0 Å². The van der Waals surface area contributed by atoms with Crippen molar-refractivity contribution < 1.29 is 0 Å². The molecule has 1 fully saturated rings. The highest BCUT2D eigenvalue weighted by Gasteiger charge is 2.06. The molecule has 0 bridgehead atoms. The van der Waals surface area contributed by atoms with Crippen molar-refractivity contribution in [3.63, 3.8) is 0 Å². The molecule has 1 heterocycles. The Hall–Kier alpha value is -0.560. The van der Waals surface area contributed by atoms with Gasteiger partial charge in [0.05, 0.1) is 0 Å². The number of piperidine rings is 1. The van der Waals surface area contributed by atoms with E-state index in [2.05, 4.69) is 36.1 Å². The standard InChI is InChI=1S/C15H27N/c1-2-3-4-5-6-7-8-10-13-16-14-11-9-12-15-16/h6-8,10H,2-5,9,11-15H2,1H3/b7-6+,10-8+. The fourth-order valence-corrected chi connectivity index (χ4v) is 2.12. The van der Waals surface area contributed by atoms with Crippen LogP contribution in [0, 0.1) is 0 Å². The van der Waals surface area contributed by atoms with E-state index in [4.69, 9.17) is 0 Å². The van der Waals surface area contributed by atoms with E-state index in [1.807, 2.05) is 0 Å². The molecule has 1 saturated heterocycles. The molecular formula is C15H27N. The summed E-state index contributed by atoms with van der Waals surface area (Å²) in [5.74, 6) is 0. The van der Waals surface area contributed by atoms with Crippen LogP contribution in [-0.4, -0.2) is 24.5 Å². The lowest BCUT2D eigenvalue weighted by molar-refractivity contribution is 0.251. The van der Waals surface area contributed by atoms with Crippen molar-refractivity contribution in [3.05, 3.63) is 24.3 Å². The Balaban J connectivity index is 1.98. The molecule has 16 heavy (non-hydrogen) atoms. The van der Waals surface area contributed by atoms with Gasteiger partial charge in [0.15, 0.2) is 0 Å². The van der Waals surface area contributed by atoms with Crippen LogP contribution in [0.15, 0.2) is 24.3 Å². The van der Waals surface area contributed by atoms with Crippen molar-refractivity contribution >= 4 is 0 Å². The van der Waals surface area contributed by atoms with Crippen LogP contribution in [-0.2, 0) is 0 Å². The van der Waals surface area contributed by atoms with Gasteiger partial charge in [-0.25, -0.2) is 0 Å². The molecule has 0 atom stereocenters. The molecule has 0 unspecified atom stereocenters. The molecule has 0 saturated carbocycles. The third-order valence-corrected chi connectivity index (χ3v) is 3.17. The van der Waals surface area contributed by atoms with Crippen molar-refractivity contribution in [3.8, 4) is 0 Å². The third kappa shape index (κ3) is 6.84. The molecule has 0 amide bonds. The minimum absolute atomic E-state index is 1.14. The van der Waals surface area contributed by atoms with Gasteiger partial charge in [-0.05, 0) is 38.8 Å². The van der Waals surface area contributed by atoms with E-state index in [0.29, 0.717) is 0 Å². The predicted octanol–water partition coefficient (Wildman–Crippen LogP) is 4.17. The van der Waals surface area contributed by atoms with Crippen molar-refractivity contribution in [2.24, 2.45) is 0 Å². The first kappa shape index (κ1) is 13.5. The summed E-state index contributed by atoms with van der Waals surface area (Å²) < 4.78 is 0. The van der Waals surface area contributed by atoms with Crippen molar-refractivity contribution in [2.45, 2.75) is 51.9 Å². The molecule has 0 spiro atoms. The lowest BCUT2D eigenvalue weighted by atomic mass is 10.1. The van der Waals surface area contributed by atoms with Crippen LogP contribution >= 0.6 is 0 Å². The van der Waals surface area contributed by atoms with Gasteiger partial charge in [-0.1, -0.05) is 50.5 Å². The predicted molar refractivity (Wildman–Crippen MR) is 72.7 cm³/mol. The van der Waals surface area contributed by atoms with Gasteiger partial charge < -0.3 is 0 Å². The van der Waals surface area contributed by atoms with Gasteiger partial charge in [-0.3, -0.25) is 4.90 Å². The van der Waals surface area contributed by atoms with Gasteiger partial charge in [0.2, 0.25) is 0 Å². The van der Waals surface area contributed by atoms with E-state index in [-0.39, 0.29) is 0 Å². The summed E-state index contributed by atoms with van der Waals surface area (Å²) in [6.07, 6.45) is 18.5. The molecule has 0 aromatic rings. The van der Waals surface area contributed by atoms with Crippen LogP contribution in [0.1, 0.15) is 51.9 Å². The second-order valence-corrected chi connectivity index (χ2v) is 4.71. The number of likely N-dealkylation sites (tertiary alicyclic amines) is 1. The largest absolute Gasteiger partial charge is 0.300 e. The number of rotatable bonds is 7. The Bertz CT molecular complexity index is 199. The fraction of sp³-hybridized carbons (Fsp3) is 0.733. The molecule has 0 aromatic heterocycles. The number of unbranched alkanes of at least 4 members (excludes halogenated alkanes) is 3. The van der Waals surface area contributed by atoms with E-state index in [1.54, 1.807) is 0 Å². The molecule has 0 aromatic carbocycles. The Labute approximate surface area is 101 Å². The zero-order valence-electron chi connectivity index (χ0n) is 10.8. The summed E-state index contributed by atoms with van der Waals surface area (Å²) in [6.45, 7) is 5.98. The maximum Gasteiger partial charge on any atom is 0.0166 e. The average Bonchev–Trinajstić information content (AvgIpc) is 2.34. The van der Waals surface area contributed by atoms with Gasteiger partial charge >= 0.3 is 0 Å². The molecule has 1 aliphatic rings. The number of allylic oxidation sites excluding steroid dienone is 3. The summed E-state index contributed by atoms with van der Waals surface area (Å²) in [4.78, 5) is 2.55. The van der Waals surface area contributed by atoms with Gasteiger partial charge in [0.1, 0.15) is 0 Å². The molecule has 0 N–H and O–H groups in total. The first-order chi connectivity index (χ1) is 7.93. The van der Waals surface area contributed by atoms with Crippen molar-refractivity contribution in [2.75, 3.05) is 19.6 Å². The Morgan fingerprint density at radius 3 is 2.44 bits per heavy atom. The first-order valence-corrected chi connectivity index (χ1v) is 6.97. The van der Waals surface area contributed by atoms with Crippen LogP contribution in [0.2, 0.25) is 0 Å². The summed E-state index contributed by atoms with van der Waals surface area (Å²) in [6, 6.07) is 0. The van der Waals surface area contributed by atoms with E-state index >= 15 is 0 Å². The first-order valence-electron chi connectivity index (χ1n) is 6.97. The summed E-state index contributed by atoms with van der Waals surface area (Å²) in [7, 11) is 0. The highest BCUT2D eigenvalue weighted by atomic mass is 15.1. The third-order valence-electron chi connectivity index (χ3n) is 3.17. The molecular weight excluding hydrogens is 194 g/mol. The van der Waals surface area contributed by atoms with Crippen LogP contribution in [0.5, 0.6) is 0 Å². The minimum atomic E-state index is 1.14. The second-order valence-electron chi connectivity index (χ2n) is 4.71. The fourth-order valence-electron chi connectivity index (χ4n) is 2.12. The molecule has 1 heteroatoms.